The van der Waals surface area contributed by atoms with Crippen molar-refractivity contribution in [2.45, 2.75) is 13.8 Å². The summed E-state index contributed by atoms with van der Waals surface area (Å²) in [5.41, 5.74) is 4.30. The molecule has 0 aromatic heterocycles. The van der Waals surface area contributed by atoms with Crippen molar-refractivity contribution >= 4 is 39.1 Å². The van der Waals surface area contributed by atoms with E-state index in [0.29, 0.717) is 22.3 Å². The second-order valence-electron chi connectivity index (χ2n) is 6.83. The predicted octanol–water partition coefficient (Wildman–Crippen LogP) is 5.09. The first-order valence-corrected chi connectivity index (χ1v) is 9.56. The number of hydrogen-bond acceptors (Lipinski definition) is 3. The molecule has 0 heterocycles. The van der Waals surface area contributed by atoms with Crippen molar-refractivity contribution < 1.29 is 14.4 Å². The molecule has 0 radical (unpaired) electrons. The van der Waals surface area contributed by atoms with Gasteiger partial charge in [-0.2, -0.15) is 0 Å². The lowest BCUT2D eigenvalue weighted by atomic mass is 9.83. The van der Waals surface area contributed by atoms with Crippen LogP contribution >= 0.6 is 15.9 Å². The summed E-state index contributed by atoms with van der Waals surface area (Å²) in [6, 6.07) is 15.2. The number of halogens is 1. The molecule has 4 nitrogen and oxygen atoms in total. The molecule has 1 N–H and O–H groups in total. The van der Waals surface area contributed by atoms with Crippen LogP contribution in [0.5, 0.6) is 0 Å². The van der Waals surface area contributed by atoms with Crippen LogP contribution in [0, 0.1) is 13.8 Å². The molecule has 1 aliphatic carbocycles. The lowest BCUT2D eigenvalue weighted by Crippen LogP contribution is -2.22. The summed E-state index contributed by atoms with van der Waals surface area (Å²) in [4.78, 5) is 38.3. The molecule has 138 valence electrons. The van der Waals surface area contributed by atoms with Crippen LogP contribution in [0.4, 0.5) is 5.69 Å². The Hall–Kier alpha value is -3.05. The van der Waals surface area contributed by atoms with E-state index >= 15 is 0 Å². The molecular weight excluding hydrogens is 418 g/mol. The van der Waals surface area contributed by atoms with Crippen LogP contribution in [0.2, 0.25) is 0 Å². The second-order valence-corrected chi connectivity index (χ2v) is 7.75. The maximum absolute atomic E-state index is 12.8. The molecule has 0 unspecified atom stereocenters. The van der Waals surface area contributed by atoms with Crippen LogP contribution < -0.4 is 5.32 Å². The third kappa shape index (κ3) is 2.98. The third-order valence-corrected chi connectivity index (χ3v) is 5.38. The lowest BCUT2D eigenvalue weighted by Gasteiger charge is -2.18. The zero-order valence-electron chi connectivity index (χ0n) is 15.3. The predicted molar refractivity (Wildman–Crippen MR) is 111 cm³/mol. The topological polar surface area (TPSA) is 63.2 Å². The van der Waals surface area contributed by atoms with E-state index in [-0.39, 0.29) is 23.0 Å². The largest absolute Gasteiger partial charge is 0.322 e. The Morgan fingerprint density at radius 1 is 0.786 bits per heavy atom. The molecule has 1 amide bonds. The van der Waals surface area contributed by atoms with Crippen LogP contribution in [-0.4, -0.2) is 17.5 Å². The van der Waals surface area contributed by atoms with Crippen molar-refractivity contribution in [1.82, 2.24) is 0 Å². The van der Waals surface area contributed by atoms with Crippen LogP contribution in [-0.2, 0) is 0 Å². The zero-order valence-corrected chi connectivity index (χ0v) is 16.9. The summed E-state index contributed by atoms with van der Waals surface area (Å²) in [5, 5.41) is 2.92. The summed E-state index contributed by atoms with van der Waals surface area (Å²) >= 11 is 3.44. The standard InChI is InChI=1S/C23H16BrNO3/c1-12-9-15(24)10-13(2)20(12)25-23(28)14-7-8-18-19(11-14)22(27)17-6-4-3-5-16(17)21(18)26/h3-11H,1-2H3,(H,25,28). The maximum Gasteiger partial charge on any atom is 0.255 e. The van der Waals surface area contributed by atoms with E-state index in [1.54, 1.807) is 36.4 Å². The highest BCUT2D eigenvalue weighted by molar-refractivity contribution is 9.10. The van der Waals surface area contributed by atoms with Gasteiger partial charge in [-0.05, 0) is 55.3 Å². The molecule has 0 bridgehead atoms. The summed E-state index contributed by atoms with van der Waals surface area (Å²) in [6.45, 7) is 3.83. The van der Waals surface area contributed by atoms with Crippen molar-refractivity contribution in [2.24, 2.45) is 0 Å². The summed E-state index contributed by atoms with van der Waals surface area (Å²) in [7, 11) is 0. The van der Waals surface area contributed by atoms with Gasteiger partial charge in [0.1, 0.15) is 0 Å². The molecule has 0 saturated heterocycles. The van der Waals surface area contributed by atoms with Crippen molar-refractivity contribution in [2.75, 3.05) is 5.32 Å². The van der Waals surface area contributed by atoms with Gasteiger partial charge in [0.05, 0.1) is 0 Å². The first-order chi connectivity index (χ1) is 13.4. The Balaban J connectivity index is 1.71. The highest BCUT2D eigenvalue weighted by Crippen LogP contribution is 2.29. The van der Waals surface area contributed by atoms with E-state index in [1.807, 2.05) is 26.0 Å². The highest BCUT2D eigenvalue weighted by atomic mass is 79.9. The van der Waals surface area contributed by atoms with Crippen molar-refractivity contribution in [3.63, 3.8) is 0 Å². The molecule has 0 fully saturated rings. The van der Waals surface area contributed by atoms with Crippen LogP contribution in [0.15, 0.2) is 59.1 Å². The minimum atomic E-state index is -0.324. The number of rotatable bonds is 2. The average molecular weight is 434 g/mol. The molecular formula is C23H16BrNO3. The van der Waals surface area contributed by atoms with Crippen molar-refractivity contribution in [1.29, 1.82) is 0 Å². The number of carbonyl (C=O) groups excluding carboxylic acids is 3. The van der Waals surface area contributed by atoms with Crippen LogP contribution in [0.25, 0.3) is 0 Å². The van der Waals surface area contributed by atoms with E-state index in [9.17, 15) is 14.4 Å². The van der Waals surface area contributed by atoms with Gasteiger partial charge in [0, 0.05) is 38.0 Å². The number of anilines is 1. The zero-order chi connectivity index (χ0) is 20.0. The molecule has 0 saturated carbocycles. The minimum Gasteiger partial charge on any atom is -0.322 e. The van der Waals surface area contributed by atoms with Gasteiger partial charge in [-0.25, -0.2) is 0 Å². The Morgan fingerprint density at radius 3 is 1.93 bits per heavy atom. The number of ketones is 2. The number of benzene rings is 3. The Morgan fingerprint density at radius 2 is 1.32 bits per heavy atom. The average Bonchev–Trinajstić information content (AvgIpc) is 2.68. The molecule has 5 heteroatoms. The number of amides is 1. The smallest absolute Gasteiger partial charge is 0.255 e. The van der Waals surface area contributed by atoms with Gasteiger partial charge in [-0.15, -0.1) is 0 Å². The maximum atomic E-state index is 12.8. The molecule has 3 aromatic rings. The van der Waals surface area contributed by atoms with Gasteiger partial charge in [-0.3, -0.25) is 14.4 Å². The number of carbonyl (C=O) groups is 3. The van der Waals surface area contributed by atoms with Gasteiger partial charge in [-0.1, -0.05) is 40.2 Å². The number of fused-ring (bicyclic) bond motifs is 2. The van der Waals surface area contributed by atoms with E-state index < -0.39 is 0 Å². The third-order valence-electron chi connectivity index (χ3n) is 4.92. The number of nitrogens with one attached hydrogen (secondary N) is 1. The van der Waals surface area contributed by atoms with E-state index in [0.717, 1.165) is 21.3 Å². The first-order valence-electron chi connectivity index (χ1n) is 8.77. The minimum absolute atomic E-state index is 0.197. The number of hydrogen-bond donors (Lipinski definition) is 1. The van der Waals surface area contributed by atoms with Gasteiger partial charge in [0.15, 0.2) is 11.6 Å². The number of aryl methyl sites for hydroxylation is 2. The second kappa shape index (κ2) is 6.84. The van der Waals surface area contributed by atoms with Gasteiger partial charge < -0.3 is 5.32 Å². The lowest BCUT2D eigenvalue weighted by molar-refractivity contribution is 0.0978. The molecule has 0 spiro atoms. The SMILES string of the molecule is Cc1cc(Br)cc(C)c1NC(=O)c1ccc2c(c1)C(=O)c1ccccc1C2=O. The molecule has 4 rings (SSSR count). The molecule has 0 atom stereocenters. The van der Waals surface area contributed by atoms with Gasteiger partial charge in [0.2, 0.25) is 0 Å². The monoisotopic (exact) mass is 433 g/mol. The highest BCUT2D eigenvalue weighted by Gasteiger charge is 2.30. The molecule has 28 heavy (non-hydrogen) atoms. The fourth-order valence-corrected chi connectivity index (χ4v) is 4.22. The van der Waals surface area contributed by atoms with Crippen molar-refractivity contribution in [3.05, 3.63) is 98.0 Å². The van der Waals surface area contributed by atoms with Crippen LogP contribution in [0.3, 0.4) is 0 Å². The Kier molecular flexibility index (Phi) is 4.47. The van der Waals surface area contributed by atoms with Gasteiger partial charge >= 0.3 is 0 Å². The summed E-state index contributed by atoms with van der Waals surface area (Å²) in [5.74, 6) is -0.761. The quantitative estimate of drug-likeness (QED) is 0.478. The summed E-state index contributed by atoms with van der Waals surface area (Å²) < 4.78 is 0.942. The first kappa shape index (κ1) is 18.3. The molecule has 3 aromatic carbocycles. The normalized spacial score (nSPS) is 12.4. The van der Waals surface area contributed by atoms with E-state index in [1.165, 1.54) is 6.07 Å². The van der Waals surface area contributed by atoms with Gasteiger partial charge in [0.25, 0.3) is 5.91 Å². The fraction of sp³-hybridized carbons (Fsp3) is 0.0870. The van der Waals surface area contributed by atoms with Crippen LogP contribution in [0.1, 0.15) is 53.3 Å². The molecule has 0 aliphatic heterocycles. The van der Waals surface area contributed by atoms with Crippen molar-refractivity contribution in [3.8, 4) is 0 Å². The Bertz CT molecular complexity index is 1160. The summed E-state index contributed by atoms with van der Waals surface area (Å²) in [6.07, 6.45) is 0. The fourth-order valence-electron chi connectivity index (χ4n) is 3.53. The molecule has 1 aliphatic rings. The Labute approximate surface area is 170 Å². The van der Waals surface area contributed by atoms with E-state index in [2.05, 4.69) is 21.2 Å². The van der Waals surface area contributed by atoms with E-state index in [4.69, 9.17) is 0 Å².